The fourth-order valence-corrected chi connectivity index (χ4v) is 2.64. The Bertz CT molecular complexity index is 239. The van der Waals surface area contributed by atoms with Gasteiger partial charge in [-0.05, 0) is 23.8 Å². The number of aliphatic hydroxyl groups is 1. The highest BCUT2D eigenvalue weighted by atomic mass is 32.1. The van der Waals surface area contributed by atoms with E-state index in [2.05, 4.69) is 17.5 Å². The third kappa shape index (κ3) is 2.55. The van der Waals surface area contributed by atoms with Gasteiger partial charge < -0.3 is 5.11 Å². The van der Waals surface area contributed by atoms with Crippen molar-refractivity contribution in [2.24, 2.45) is 5.92 Å². The van der Waals surface area contributed by atoms with Crippen LogP contribution in [0.1, 0.15) is 30.6 Å². The lowest BCUT2D eigenvalue weighted by Gasteiger charge is -2.27. The van der Waals surface area contributed by atoms with Crippen LogP contribution >= 0.6 is 11.3 Å². The highest BCUT2D eigenvalue weighted by Crippen LogP contribution is 2.31. The van der Waals surface area contributed by atoms with Gasteiger partial charge in [0, 0.05) is 11.3 Å². The summed E-state index contributed by atoms with van der Waals surface area (Å²) in [5.74, 6) is 0.815. The zero-order valence-corrected chi connectivity index (χ0v) is 8.59. The average Bonchev–Trinajstić information content (AvgIpc) is 2.49. The standard InChI is InChI=1S/C11H16OS/c12-10(7-9-3-1-4-9)8-11-5-2-6-13-11/h2,5-6,9-10,12H,1,3-4,7-8H2. The SMILES string of the molecule is OC(Cc1cccs1)CC1CCC1. The molecule has 1 N–H and O–H groups in total. The number of thiophene rings is 1. The van der Waals surface area contributed by atoms with Gasteiger partial charge in [0.1, 0.15) is 0 Å². The van der Waals surface area contributed by atoms with E-state index in [1.165, 1.54) is 24.1 Å². The molecule has 13 heavy (non-hydrogen) atoms. The summed E-state index contributed by atoms with van der Waals surface area (Å²) < 4.78 is 0. The monoisotopic (exact) mass is 196 g/mol. The minimum Gasteiger partial charge on any atom is -0.393 e. The van der Waals surface area contributed by atoms with E-state index in [-0.39, 0.29) is 6.10 Å². The van der Waals surface area contributed by atoms with Crippen LogP contribution in [0.4, 0.5) is 0 Å². The quantitative estimate of drug-likeness (QED) is 0.785. The highest BCUT2D eigenvalue weighted by Gasteiger charge is 2.20. The lowest BCUT2D eigenvalue weighted by molar-refractivity contribution is 0.118. The van der Waals surface area contributed by atoms with Crippen LogP contribution in [0.25, 0.3) is 0 Å². The van der Waals surface area contributed by atoms with E-state index in [0.29, 0.717) is 0 Å². The zero-order valence-electron chi connectivity index (χ0n) is 7.78. The van der Waals surface area contributed by atoms with Crippen molar-refractivity contribution in [1.82, 2.24) is 0 Å². The fraction of sp³-hybridized carbons (Fsp3) is 0.636. The second-order valence-electron chi connectivity index (χ2n) is 3.97. The van der Waals surface area contributed by atoms with Crippen molar-refractivity contribution >= 4 is 11.3 Å². The third-order valence-electron chi connectivity index (χ3n) is 2.85. The molecule has 2 heteroatoms. The van der Waals surface area contributed by atoms with Gasteiger partial charge >= 0.3 is 0 Å². The zero-order chi connectivity index (χ0) is 9.10. The van der Waals surface area contributed by atoms with E-state index in [9.17, 15) is 5.11 Å². The molecule has 0 aliphatic heterocycles. The van der Waals surface area contributed by atoms with Gasteiger partial charge in [-0.1, -0.05) is 25.3 Å². The van der Waals surface area contributed by atoms with E-state index in [0.717, 1.165) is 18.8 Å². The molecule has 0 saturated heterocycles. The van der Waals surface area contributed by atoms with E-state index in [1.54, 1.807) is 11.3 Å². The van der Waals surface area contributed by atoms with Crippen molar-refractivity contribution in [2.75, 3.05) is 0 Å². The van der Waals surface area contributed by atoms with Crippen molar-refractivity contribution < 1.29 is 5.11 Å². The topological polar surface area (TPSA) is 20.2 Å². The molecule has 0 radical (unpaired) electrons. The molecular formula is C11H16OS. The average molecular weight is 196 g/mol. The first-order chi connectivity index (χ1) is 6.34. The predicted octanol–water partition coefficient (Wildman–Crippen LogP) is 2.84. The van der Waals surface area contributed by atoms with E-state index in [1.807, 2.05) is 0 Å². The maximum atomic E-state index is 9.76. The molecule has 1 aromatic heterocycles. The Hall–Kier alpha value is -0.340. The van der Waals surface area contributed by atoms with Crippen LogP contribution in [-0.2, 0) is 6.42 Å². The van der Waals surface area contributed by atoms with Gasteiger partial charge in [-0.2, -0.15) is 0 Å². The Labute approximate surface area is 83.4 Å². The number of hydrogen-bond acceptors (Lipinski definition) is 2. The van der Waals surface area contributed by atoms with E-state index < -0.39 is 0 Å². The Morgan fingerprint density at radius 1 is 1.54 bits per heavy atom. The van der Waals surface area contributed by atoms with Gasteiger partial charge in [-0.25, -0.2) is 0 Å². The van der Waals surface area contributed by atoms with Crippen LogP contribution in [0.5, 0.6) is 0 Å². The third-order valence-corrected chi connectivity index (χ3v) is 3.75. The van der Waals surface area contributed by atoms with Crippen molar-refractivity contribution in [3.05, 3.63) is 22.4 Å². The van der Waals surface area contributed by atoms with E-state index >= 15 is 0 Å². The van der Waals surface area contributed by atoms with Crippen molar-refractivity contribution in [3.8, 4) is 0 Å². The molecule has 1 nitrogen and oxygen atoms in total. The van der Waals surface area contributed by atoms with Crippen LogP contribution in [-0.4, -0.2) is 11.2 Å². The minimum absolute atomic E-state index is 0.107. The van der Waals surface area contributed by atoms with Crippen LogP contribution in [0.3, 0.4) is 0 Å². The van der Waals surface area contributed by atoms with Crippen molar-refractivity contribution in [2.45, 2.75) is 38.2 Å². The number of rotatable bonds is 4. The summed E-state index contributed by atoms with van der Waals surface area (Å²) in [6.07, 6.45) is 5.80. The van der Waals surface area contributed by atoms with Crippen LogP contribution < -0.4 is 0 Å². The Morgan fingerprint density at radius 2 is 2.38 bits per heavy atom. The van der Waals surface area contributed by atoms with Crippen LogP contribution in [0.15, 0.2) is 17.5 Å². The second-order valence-corrected chi connectivity index (χ2v) is 5.00. The maximum absolute atomic E-state index is 9.76. The van der Waals surface area contributed by atoms with Gasteiger partial charge in [0.25, 0.3) is 0 Å². The normalized spacial score (nSPS) is 19.8. The molecule has 0 bridgehead atoms. The highest BCUT2D eigenvalue weighted by molar-refractivity contribution is 7.09. The molecule has 1 heterocycles. The summed E-state index contributed by atoms with van der Waals surface area (Å²) in [7, 11) is 0. The predicted molar refractivity (Wildman–Crippen MR) is 56.0 cm³/mol. The minimum atomic E-state index is -0.107. The summed E-state index contributed by atoms with van der Waals surface area (Å²) in [5.41, 5.74) is 0. The largest absolute Gasteiger partial charge is 0.393 e. The second kappa shape index (κ2) is 4.25. The lowest BCUT2D eigenvalue weighted by atomic mass is 9.81. The van der Waals surface area contributed by atoms with Gasteiger partial charge in [-0.3, -0.25) is 0 Å². The molecule has 1 aliphatic rings. The lowest BCUT2D eigenvalue weighted by Crippen LogP contribution is -2.20. The summed E-state index contributed by atoms with van der Waals surface area (Å²) >= 11 is 1.74. The molecule has 2 rings (SSSR count). The fourth-order valence-electron chi connectivity index (χ4n) is 1.86. The van der Waals surface area contributed by atoms with E-state index in [4.69, 9.17) is 0 Å². The van der Waals surface area contributed by atoms with Crippen LogP contribution in [0.2, 0.25) is 0 Å². The molecule has 0 spiro atoms. The summed E-state index contributed by atoms with van der Waals surface area (Å²) in [6.45, 7) is 0. The van der Waals surface area contributed by atoms with Gasteiger partial charge in [-0.15, -0.1) is 11.3 Å². The van der Waals surface area contributed by atoms with Gasteiger partial charge in [0.2, 0.25) is 0 Å². The first-order valence-corrected chi connectivity index (χ1v) is 5.93. The Kier molecular flexibility index (Phi) is 3.01. The van der Waals surface area contributed by atoms with Crippen molar-refractivity contribution in [1.29, 1.82) is 0 Å². The molecule has 1 aliphatic carbocycles. The molecule has 1 fully saturated rings. The Morgan fingerprint density at radius 3 is 2.92 bits per heavy atom. The van der Waals surface area contributed by atoms with Crippen molar-refractivity contribution in [3.63, 3.8) is 0 Å². The molecule has 0 amide bonds. The summed E-state index contributed by atoms with van der Waals surface area (Å²) in [6, 6.07) is 4.16. The first-order valence-electron chi connectivity index (χ1n) is 5.05. The molecule has 1 aromatic rings. The number of aliphatic hydroxyl groups excluding tert-OH is 1. The summed E-state index contributed by atoms with van der Waals surface area (Å²) in [4.78, 5) is 1.31. The maximum Gasteiger partial charge on any atom is 0.0591 e. The molecule has 1 unspecified atom stereocenters. The molecule has 72 valence electrons. The molecule has 1 atom stereocenters. The van der Waals surface area contributed by atoms with Gasteiger partial charge in [0.15, 0.2) is 0 Å². The van der Waals surface area contributed by atoms with Gasteiger partial charge in [0.05, 0.1) is 6.10 Å². The summed E-state index contributed by atoms with van der Waals surface area (Å²) in [5, 5.41) is 11.8. The molecule has 1 saturated carbocycles. The smallest absolute Gasteiger partial charge is 0.0591 e. The molecular weight excluding hydrogens is 180 g/mol. The molecule has 0 aromatic carbocycles. The van der Waals surface area contributed by atoms with Crippen LogP contribution in [0, 0.1) is 5.92 Å². The Balaban J connectivity index is 1.74. The first kappa shape index (κ1) is 9.22. The number of hydrogen-bond donors (Lipinski definition) is 1.